The molecule has 1 heterocycles. The monoisotopic (exact) mass is 321 g/mol. The molecule has 0 saturated heterocycles. The molecule has 0 radical (unpaired) electrons. The molecule has 0 bridgehead atoms. The number of carboxylic acid groups (broad SMARTS) is 1. The maximum atomic E-state index is 13.0. The molecule has 1 aromatic carbocycles. The Bertz CT molecular complexity index is 701. The minimum atomic E-state index is -1.15. The van der Waals surface area contributed by atoms with E-state index < -0.39 is 24.0 Å². The Morgan fingerprint density at radius 2 is 2.00 bits per heavy atom. The van der Waals surface area contributed by atoms with Crippen LogP contribution in [0.15, 0.2) is 24.3 Å². The van der Waals surface area contributed by atoms with Gasteiger partial charge < -0.3 is 10.4 Å². The third-order valence-electron chi connectivity index (χ3n) is 3.33. The largest absolute Gasteiger partial charge is 0.480 e. The van der Waals surface area contributed by atoms with Crippen molar-refractivity contribution in [3.05, 3.63) is 41.5 Å². The van der Waals surface area contributed by atoms with E-state index >= 15 is 0 Å². The number of tetrazole rings is 1. The van der Waals surface area contributed by atoms with Crippen LogP contribution >= 0.6 is 0 Å². The minimum absolute atomic E-state index is 0.199. The molecule has 2 atom stereocenters. The van der Waals surface area contributed by atoms with E-state index in [9.17, 15) is 14.0 Å². The number of halogens is 1. The van der Waals surface area contributed by atoms with Gasteiger partial charge in [0, 0.05) is 6.42 Å². The van der Waals surface area contributed by atoms with Crippen molar-refractivity contribution in [3.63, 3.8) is 0 Å². The van der Waals surface area contributed by atoms with Crippen LogP contribution in [0.5, 0.6) is 0 Å². The summed E-state index contributed by atoms with van der Waals surface area (Å²) in [4.78, 5) is 23.3. The second-order valence-corrected chi connectivity index (χ2v) is 5.09. The second-order valence-electron chi connectivity index (χ2n) is 5.09. The minimum Gasteiger partial charge on any atom is -0.480 e. The fraction of sp³-hybridized carbons (Fsp3) is 0.357. The Kier molecular flexibility index (Phi) is 4.99. The van der Waals surface area contributed by atoms with Crippen molar-refractivity contribution in [2.24, 2.45) is 0 Å². The lowest BCUT2D eigenvalue weighted by Crippen LogP contribution is -2.43. The SMILES string of the molecule is Cc1nnnn1C(Cc1ccc(F)cc1)C(=O)NC(C)C(=O)O. The summed E-state index contributed by atoms with van der Waals surface area (Å²) >= 11 is 0. The highest BCUT2D eigenvalue weighted by Gasteiger charge is 2.26. The Morgan fingerprint density at radius 3 is 2.52 bits per heavy atom. The van der Waals surface area contributed by atoms with Gasteiger partial charge in [0.1, 0.15) is 23.7 Å². The van der Waals surface area contributed by atoms with Gasteiger partial charge in [0.25, 0.3) is 0 Å². The Morgan fingerprint density at radius 1 is 1.35 bits per heavy atom. The molecule has 122 valence electrons. The molecule has 9 heteroatoms. The first-order chi connectivity index (χ1) is 10.9. The molecule has 0 spiro atoms. The number of carbonyl (C=O) groups is 2. The molecule has 2 unspecified atom stereocenters. The molecule has 0 fully saturated rings. The lowest BCUT2D eigenvalue weighted by atomic mass is 10.0. The number of aliphatic carboxylic acids is 1. The fourth-order valence-corrected chi connectivity index (χ4v) is 2.03. The highest BCUT2D eigenvalue weighted by atomic mass is 19.1. The number of aromatic nitrogens is 4. The summed E-state index contributed by atoms with van der Waals surface area (Å²) in [5.41, 5.74) is 0.699. The summed E-state index contributed by atoms with van der Waals surface area (Å²) < 4.78 is 14.3. The number of carboxylic acids is 1. The molecule has 0 aliphatic heterocycles. The van der Waals surface area contributed by atoms with Gasteiger partial charge in [-0.25, -0.2) is 9.07 Å². The lowest BCUT2D eigenvalue weighted by molar-refractivity contribution is -0.141. The van der Waals surface area contributed by atoms with Crippen LogP contribution in [0.3, 0.4) is 0 Å². The van der Waals surface area contributed by atoms with E-state index in [-0.39, 0.29) is 12.2 Å². The van der Waals surface area contributed by atoms with E-state index in [4.69, 9.17) is 5.11 Å². The first-order valence-corrected chi connectivity index (χ1v) is 6.90. The van der Waals surface area contributed by atoms with Crippen molar-refractivity contribution in [2.45, 2.75) is 32.4 Å². The molecular formula is C14H16FN5O3. The third kappa shape index (κ3) is 4.09. The average Bonchev–Trinajstić information content (AvgIpc) is 2.92. The van der Waals surface area contributed by atoms with Crippen LogP contribution in [0, 0.1) is 12.7 Å². The van der Waals surface area contributed by atoms with Crippen molar-refractivity contribution in [1.29, 1.82) is 0 Å². The summed E-state index contributed by atoms with van der Waals surface area (Å²) in [5.74, 6) is -1.64. The molecule has 2 aromatic rings. The fourth-order valence-electron chi connectivity index (χ4n) is 2.03. The summed E-state index contributed by atoms with van der Waals surface area (Å²) in [5, 5.41) is 22.3. The molecule has 2 rings (SSSR count). The van der Waals surface area contributed by atoms with Gasteiger partial charge in [0.05, 0.1) is 0 Å². The highest BCUT2D eigenvalue weighted by molar-refractivity contribution is 5.85. The zero-order chi connectivity index (χ0) is 17.0. The van der Waals surface area contributed by atoms with Crippen LogP contribution in [-0.2, 0) is 16.0 Å². The van der Waals surface area contributed by atoms with E-state index in [2.05, 4.69) is 20.8 Å². The topological polar surface area (TPSA) is 110 Å². The van der Waals surface area contributed by atoms with E-state index in [1.807, 2.05) is 0 Å². The van der Waals surface area contributed by atoms with E-state index in [1.54, 1.807) is 19.1 Å². The van der Waals surface area contributed by atoms with Gasteiger partial charge in [-0.2, -0.15) is 0 Å². The van der Waals surface area contributed by atoms with Crippen LogP contribution in [0.4, 0.5) is 4.39 Å². The molecule has 2 N–H and O–H groups in total. The number of carbonyl (C=O) groups excluding carboxylic acids is 1. The normalized spacial score (nSPS) is 13.3. The van der Waals surface area contributed by atoms with Gasteiger partial charge >= 0.3 is 5.97 Å². The molecule has 1 aromatic heterocycles. The predicted octanol–water partition coefficient (Wildman–Crippen LogP) is 0.494. The summed E-state index contributed by atoms with van der Waals surface area (Å²) in [7, 11) is 0. The Balaban J connectivity index is 2.25. The van der Waals surface area contributed by atoms with Gasteiger partial charge in [-0.3, -0.25) is 9.59 Å². The van der Waals surface area contributed by atoms with Crippen LogP contribution in [0.1, 0.15) is 24.4 Å². The number of hydrogen-bond acceptors (Lipinski definition) is 5. The molecule has 23 heavy (non-hydrogen) atoms. The molecule has 0 aliphatic carbocycles. The van der Waals surface area contributed by atoms with Crippen LogP contribution < -0.4 is 5.32 Å². The zero-order valence-corrected chi connectivity index (χ0v) is 12.6. The van der Waals surface area contributed by atoms with E-state index in [0.29, 0.717) is 11.4 Å². The van der Waals surface area contributed by atoms with Crippen LogP contribution in [-0.4, -0.2) is 43.2 Å². The van der Waals surface area contributed by atoms with Crippen molar-refractivity contribution < 1.29 is 19.1 Å². The summed E-state index contributed by atoms with van der Waals surface area (Å²) in [6.45, 7) is 2.99. The quantitative estimate of drug-likeness (QED) is 0.801. The summed E-state index contributed by atoms with van der Waals surface area (Å²) in [6.07, 6.45) is 0.199. The second kappa shape index (κ2) is 6.95. The highest BCUT2D eigenvalue weighted by Crippen LogP contribution is 2.16. The zero-order valence-electron chi connectivity index (χ0n) is 12.6. The van der Waals surface area contributed by atoms with E-state index in [1.165, 1.54) is 23.7 Å². The van der Waals surface area contributed by atoms with Crippen LogP contribution in [0.2, 0.25) is 0 Å². The molecule has 0 aliphatic rings. The summed E-state index contributed by atoms with van der Waals surface area (Å²) in [6, 6.07) is 3.80. The van der Waals surface area contributed by atoms with Gasteiger partial charge in [-0.05, 0) is 42.0 Å². The van der Waals surface area contributed by atoms with Crippen molar-refractivity contribution in [3.8, 4) is 0 Å². The third-order valence-corrected chi connectivity index (χ3v) is 3.33. The lowest BCUT2D eigenvalue weighted by Gasteiger charge is -2.19. The van der Waals surface area contributed by atoms with Gasteiger partial charge in [-0.1, -0.05) is 12.1 Å². The smallest absolute Gasteiger partial charge is 0.325 e. The number of aryl methyl sites for hydroxylation is 1. The number of nitrogens with zero attached hydrogens (tertiary/aromatic N) is 4. The predicted molar refractivity (Wildman–Crippen MR) is 76.9 cm³/mol. The van der Waals surface area contributed by atoms with Gasteiger partial charge in [-0.15, -0.1) is 5.10 Å². The number of benzene rings is 1. The maximum absolute atomic E-state index is 13.0. The average molecular weight is 321 g/mol. The van der Waals surface area contributed by atoms with Crippen molar-refractivity contribution in [1.82, 2.24) is 25.5 Å². The first kappa shape index (κ1) is 16.5. The Hall–Kier alpha value is -2.84. The van der Waals surface area contributed by atoms with Gasteiger partial charge in [0.2, 0.25) is 5.91 Å². The maximum Gasteiger partial charge on any atom is 0.325 e. The standard InChI is InChI=1S/C14H16FN5O3/c1-8(14(22)23)16-13(21)12(20-9(2)17-18-19-20)7-10-3-5-11(15)6-4-10/h3-6,8,12H,7H2,1-2H3,(H,16,21)(H,22,23). The van der Waals surface area contributed by atoms with Gasteiger partial charge in [0.15, 0.2) is 0 Å². The first-order valence-electron chi connectivity index (χ1n) is 6.90. The Labute approximate surface area is 131 Å². The number of hydrogen-bond donors (Lipinski definition) is 2. The van der Waals surface area contributed by atoms with E-state index in [0.717, 1.165) is 0 Å². The number of nitrogens with one attached hydrogen (secondary N) is 1. The van der Waals surface area contributed by atoms with Crippen molar-refractivity contribution in [2.75, 3.05) is 0 Å². The molecular weight excluding hydrogens is 305 g/mol. The van der Waals surface area contributed by atoms with Crippen LogP contribution in [0.25, 0.3) is 0 Å². The van der Waals surface area contributed by atoms with Crippen molar-refractivity contribution >= 4 is 11.9 Å². The number of rotatable bonds is 6. The molecule has 1 amide bonds. The molecule has 8 nitrogen and oxygen atoms in total. The molecule has 0 saturated carbocycles. The number of amides is 1.